The minimum absolute atomic E-state index is 0.575. The Morgan fingerprint density at radius 1 is 0.893 bits per heavy atom. The van der Waals surface area contributed by atoms with E-state index in [1.54, 1.807) is 0 Å². The number of fused-ring (bicyclic) bond motifs is 2. The third kappa shape index (κ3) is 3.46. The number of nitrogens with zero attached hydrogens (tertiary/aromatic N) is 2. The van der Waals surface area contributed by atoms with Gasteiger partial charge in [-0.25, -0.2) is 0 Å². The SMILES string of the molecule is CC1CCC(c2cc([C@@H]3C4CC[C@H](C[C@@H]3C3CCC(C)CC3)N4C)on2)CC1. The Labute approximate surface area is 171 Å². The molecule has 2 aliphatic heterocycles. The Morgan fingerprint density at radius 2 is 1.57 bits per heavy atom. The molecule has 0 N–H and O–H groups in total. The molecule has 2 saturated carbocycles. The van der Waals surface area contributed by atoms with Crippen LogP contribution in [0.25, 0.3) is 0 Å². The van der Waals surface area contributed by atoms with Gasteiger partial charge in [-0.15, -0.1) is 0 Å². The second kappa shape index (κ2) is 7.78. The number of rotatable bonds is 3. The molecular weight excluding hydrogens is 344 g/mol. The summed E-state index contributed by atoms with van der Waals surface area (Å²) in [6, 6.07) is 3.89. The van der Waals surface area contributed by atoms with Crippen molar-refractivity contribution in [2.75, 3.05) is 7.05 Å². The Morgan fingerprint density at radius 3 is 2.29 bits per heavy atom. The molecule has 0 radical (unpaired) electrons. The Kier molecular flexibility index (Phi) is 5.32. The summed E-state index contributed by atoms with van der Waals surface area (Å²) in [6.07, 6.45) is 15.2. The van der Waals surface area contributed by atoms with Crippen LogP contribution in [0, 0.1) is 23.7 Å². The van der Waals surface area contributed by atoms with Crippen molar-refractivity contribution in [1.29, 1.82) is 0 Å². The predicted octanol–water partition coefficient (Wildman–Crippen LogP) is 6.36. The van der Waals surface area contributed by atoms with Gasteiger partial charge >= 0.3 is 0 Å². The first-order valence-electron chi connectivity index (χ1n) is 12.3. The van der Waals surface area contributed by atoms with E-state index >= 15 is 0 Å². The zero-order valence-corrected chi connectivity index (χ0v) is 18.3. The monoisotopic (exact) mass is 384 g/mol. The van der Waals surface area contributed by atoms with E-state index in [-0.39, 0.29) is 0 Å². The molecule has 156 valence electrons. The van der Waals surface area contributed by atoms with Crippen molar-refractivity contribution in [3.63, 3.8) is 0 Å². The zero-order chi connectivity index (χ0) is 19.3. The summed E-state index contributed by atoms with van der Waals surface area (Å²) >= 11 is 0. The molecule has 2 saturated heterocycles. The highest BCUT2D eigenvalue weighted by Crippen LogP contribution is 2.52. The minimum atomic E-state index is 0.575. The van der Waals surface area contributed by atoms with Crippen molar-refractivity contribution in [2.24, 2.45) is 23.7 Å². The second-order valence-electron chi connectivity index (χ2n) is 11.0. The number of hydrogen-bond donors (Lipinski definition) is 0. The van der Waals surface area contributed by atoms with Gasteiger partial charge in [0.05, 0.1) is 5.69 Å². The van der Waals surface area contributed by atoms with Gasteiger partial charge in [0.15, 0.2) is 0 Å². The predicted molar refractivity (Wildman–Crippen MR) is 113 cm³/mol. The maximum Gasteiger partial charge on any atom is 0.141 e. The van der Waals surface area contributed by atoms with Crippen LogP contribution in [-0.4, -0.2) is 29.2 Å². The molecule has 2 bridgehead atoms. The standard InChI is InChI=1S/C25H40N2O/c1-16-4-8-18(9-5-16)21-14-20-12-13-23(27(20)3)25(21)24-15-22(26-28-24)19-10-6-17(2)7-11-19/h15-21,23,25H,4-14H2,1-3H3/t16?,17?,18?,19?,20-,21-,23?,25+/m1/s1. The zero-order valence-electron chi connectivity index (χ0n) is 18.3. The fourth-order valence-electron chi connectivity index (χ4n) is 7.31. The first-order chi connectivity index (χ1) is 13.6. The van der Waals surface area contributed by atoms with E-state index in [1.165, 1.54) is 82.1 Å². The Hall–Kier alpha value is -0.830. The van der Waals surface area contributed by atoms with Crippen LogP contribution < -0.4 is 0 Å². The van der Waals surface area contributed by atoms with Gasteiger partial charge in [-0.1, -0.05) is 44.7 Å². The van der Waals surface area contributed by atoms with Crippen LogP contribution in [0.15, 0.2) is 10.6 Å². The molecule has 1 aromatic heterocycles. The molecule has 3 heteroatoms. The molecule has 4 atom stereocenters. The summed E-state index contributed by atoms with van der Waals surface area (Å²) in [6.45, 7) is 4.84. The van der Waals surface area contributed by atoms with Gasteiger partial charge in [0.2, 0.25) is 0 Å². The van der Waals surface area contributed by atoms with Crippen molar-refractivity contribution in [3.05, 3.63) is 17.5 Å². The fraction of sp³-hybridized carbons (Fsp3) is 0.880. The molecule has 1 unspecified atom stereocenters. The highest BCUT2D eigenvalue weighted by atomic mass is 16.5. The van der Waals surface area contributed by atoms with Crippen LogP contribution in [0.2, 0.25) is 0 Å². The number of likely N-dealkylation sites (N-methyl/N-ethyl adjacent to an activating group) is 1. The first-order valence-corrected chi connectivity index (χ1v) is 12.3. The van der Waals surface area contributed by atoms with E-state index in [0.717, 1.165) is 29.7 Å². The second-order valence-corrected chi connectivity index (χ2v) is 11.0. The normalized spacial score (nSPS) is 44.7. The summed E-state index contributed by atoms with van der Waals surface area (Å²) in [5.41, 5.74) is 1.26. The van der Waals surface area contributed by atoms with Crippen molar-refractivity contribution in [2.45, 2.75) is 108 Å². The van der Waals surface area contributed by atoms with Gasteiger partial charge in [0, 0.05) is 30.0 Å². The van der Waals surface area contributed by atoms with Gasteiger partial charge < -0.3 is 4.52 Å². The molecule has 0 aromatic carbocycles. The van der Waals surface area contributed by atoms with E-state index in [0.29, 0.717) is 17.9 Å². The smallest absolute Gasteiger partial charge is 0.141 e. The number of hydrogen-bond acceptors (Lipinski definition) is 3. The minimum Gasteiger partial charge on any atom is -0.361 e. The van der Waals surface area contributed by atoms with Gasteiger partial charge in [0.25, 0.3) is 0 Å². The average Bonchev–Trinajstić information content (AvgIpc) is 3.26. The maximum absolute atomic E-state index is 6.15. The van der Waals surface area contributed by atoms with E-state index < -0.39 is 0 Å². The lowest BCUT2D eigenvalue weighted by Crippen LogP contribution is -2.47. The lowest BCUT2D eigenvalue weighted by atomic mass is 9.66. The third-order valence-corrected chi connectivity index (χ3v) is 9.29. The van der Waals surface area contributed by atoms with E-state index in [1.807, 2.05) is 0 Å². The summed E-state index contributed by atoms with van der Waals surface area (Å²) in [7, 11) is 2.37. The number of piperidine rings is 1. The van der Waals surface area contributed by atoms with Crippen LogP contribution in [-0.2, 0) is 0 Å². The summed E-state index contributed by atoms with van der Waals surface area (Å²) in [4.78, 5) is 2.69. The van der Waals surface area contributed by atoms with Gasteiger partial charge in [-0.2, -0.15) is 0 Å². The average molecular weight is 385 g/mol. The molecule has 2 aliphatic carbocycles. The summed E-state index contributed by atoms with van der Waals surface area (Å²) in [5.74, 6) is 5.99. The Bertz CT molecular complexity index is 653. The molecule has 3 heterocycles. The molecule has 0 amide bonds. The topological polar surface area (TPSA) is 29.3 Å². The van der Waals surface area contributed by atoms with E-state index in [2.05, 4.69) is 37.0 Å². The number of aromatic nitrogens is 1. The van der Waals surface area contributed by atoms with Crippen LogP contribution >= 0.6 is 0 Å². The van der Waals surface area contributed by atoms with Gasteiger partial charge in [-0.05, 0) is 75.7 Å². The molecule has 0 spiro atoms. The van der Waals surface area contributed by atoms with Crippen molar-refractivity contribution in [3.8, 4) is 0 Å². The van der Waals surface area contributed by atoms with Crippen LogP contribution in [0.1, 0.15) is 108 Å². The lowest BCUT2D eigenvalue weighted by Gasteiger charge is -2.46. The molecule has 28 heavy (non-hydrogen) atoms. The van der Waals surface area contributed by atoms with Crippen LogP contribution in [0.3, 0.4) is 0 Å². The molecule has 1 aromatic rings. The summed E-state index contributed by atoms with van der Waals surface area (Å²) in [5, 5.41) is 4.65. The molecule has 3 nitrogen and oxygen atoms in total. The molecule has 4 fully saturated rings. The fourth-order valence-corrected chi connectivity index (χ4v) is 7.31. The van der Waals surface area contributed by atoms with Gasteiger partial charge in [0.1, 0.15) is 5.76 Å². The van der Waals surface area contributed by atoms with Crippen molar-refractivity contribution >= 4 is 0 Å². The largest absolute Gasteiger partial charge is 0.361 e. The van der Waals surface area contributed by atoms with Crippen molar-refractivity contribution in [1.82, 2.24) is 10.1 Å². The van der Waals surface area contributed by atoms with Gasteiger partial charge in [-0.3, -0.25) is 4.90 Å². The van der Waals surface area contributed by atoms with Crippen molar-refractivity contribution < 1.29 is 4.52 Å². The first kappa shape index (κ1) is 19.2. The lowest BCUT2D eigenvalue weighted by molar-refractivity contribution is 0.0470. The summed E-state index contributed by atoms with van der Waals surface area (Å²) < 4.78 is 6.15. The highest BCUT2D eigenvalue weighted by Gasteiger charge is 2.50. The molecule has 4 aliphatic rings. The third-order valence-electron chi connectivity index (χ3n) is 9.29. The molecule has 5 rings (SSSR count). The molecular formula is C25H40N2O. The maximum atomic E-state index is 6.15. The van der Waals surface area contributed by atoms with Crippen LogP contribution in [0.4, 0.5) is 0 Å². The van der Waals surface area contributed by atoms with Crippen LogP contribution in [0.5, 0.6) is 0 Å². The van der Waals surface area contributed by atoms with E-state index in [4.69, 9.17) is 4.52 Å². The quantitative estimate of drug-likeness (QED) is 0.607. The van der Waals surface area contributed by atoms with E-state index in [9.17, 15) is 0 Å². The Balaban J connectivity index is 1.39. The highest BCUT2D eigenvalue weighted by molar-refractivity contribution is 5.20.